The molecule has 1 aliphatic rings. The first-order chi connectivity index (χ1) is 16.8. The minimum absolute atomic E-state index is 0.0973. The number of halogens is 1. The Morgan fingerprint density at radius 3 is 2.51 bits per heavy atom. The number of amides is 2. The van der Waals surface area contributed by atoms with Crippen molar-refractivity contribution in [3.63, 3.8) is 0 Å². The molecule has 180 valence electrons. The smallest absolute Gasteiger partial charge is 0.354 e. The Labute approximate surface area is 205 Å². The third-order valence-corrected chi connectivity index (χ3v) is 6.15. The van der Waals surface area contributed by atoms with Gasteiger partial charge in [0, 0.05) is 25.1 Å². The molecule has 2 amide bonds. The number of nitrogens with zero attached hydrogens (tertiary/aromatic N) is 4. The second-order valence-corrected chi connectivity index (χ2v) is 8.85. The quantitative estimate of drug-likeness (QED) is 0.451. The van der Waals surface area contributed by atoms with Gasteiger partial charge in [0.1, 0.15) is 18.1 Å². The molecule has 8 nitrogen and oxygen atoms in total. The van der Waals surface area contributed by atoms with Gasteiger partial charge in [0.05, 0.1) is 17.9 Å². The fraction of sp³-hybridized carbons (Fsp3) is 0.240. The first-order valence-corrected chi connectivity index (χ1v) is 11.8. The molecule has 35 heavy (non-hydrogen) atoms. The van der Waals surface area contributed by atoms with Crippen LogP contribution in [0.3, 0.4) is 0 Å². The molecule has 2 aromatic carbocycles. The van der Waals surface area contributed by atoms with Crippen molar-refractivity contribution >= 4 is 45.7 Å². The minimum atomic E-state index is -0.641. The summed E-state index contributed by atoms with van der Waals surface area (Å²) in [5, 5.41) is 7.55. The van der Waals surface area contributed by atoms with Crippen LogP contribution >= 0.6 is 11.3 Å². The molecular weight excluding hydrogens is 471 g/mol. The van der Waals surface area contributed by atoms with Gasteiger partial charge in [0.15, 0.2) is 5.13 Å². The molecule has 0 unspecified atom stereocenters. The van der Waals surface area contributed by atoms with E-state index in [1.807, 2.05) is 31.2 Å². The molecule has 0 bridgehead atoms. The third-order valence-electron chi connectivity index (χ3n) is 5.28. The number of esters is 1. The number of aromatic nitrogens is 1. The number of aryl methyl sites for hydroxylation is 1. The van der Waals surface area contributed by atoms with E-state index < -0.39 is 5.97 Å². The molecule has 0 atom stereocenters. The molecule has 1 aliphatic heterocycles. The Morgan fingerprint density at radius 2 is 1.83 bits per heavy atom. The first kappa shape index (κ1) is 24.2. The normalized spacial score (nSPS) is 13.4. The molecule has 4 rings (SSSR count). The molecule has 0 fully saturated rings. The predicted molar refractivity (Wildman–Crippen MR) is 130 cm³/mol. The SMILES string of the molecule is CC(=O)N(c1ccc(C)cc1)c1nc(COC(=O)C2=NN(Cc3ccc(F)cc3)C(=O)CC2)cs1. The van der Waals surface area contributed by atoms with E-state index in [0.29, 0.717) is 22.1 Å². The van der Waals surface area contributed by atoms with E-state index in [2.05, 4.69) is 10.1 Å². The molecule has 3 aromatic rings. The van der Waals surface area contributed by atoms with Crippen LogP contribution in [0, 0.1) is 12.7 Å². The third kappa shape index (κ3) is 5.96. The van der Waals surface area contributed by atoms with Crippen molar-refractivity contribution in [2.24, 2.45) is 5.10 Å². The second kappa shape index (κ2) is 10.6. The van der Waals surface area contributed by atoms with Crippen LogP contribution in [-0.4, -0.2) is 33.5 Å². The lowest BCUT2D eigenvalue weighted by Crippen LogP contribution is -2.34. The van der Waals surface area contributed by atoms with Crippen LogP contribution in [0.25, 0.3) is 0 Å². The lowest BCUT2D eigenvalue weighted by molar-refractivity contribution is -0.138. The summed E-state index contributed by atoms with van der Waals surface area (Å²) in [7, 11) is 0. The number of hydrogen-bond acceptors (Lipinski definition) is 7. The van der Waals surface area contributed by atoms with Gasteiger partial charge in [-0.25, -0.2) is 19.2 Å². The number of thiazole rings is 1. The highest BCUT2D eigenvalue weighted by molar-refractivity contribution is 7.14. The summed E-state index contributed by atoms with van der Waals surface area (Å²) in [5.74, 6) is -1.43. The van der Waals surface area contributed by atoms with Crippen LogP contribution < -0.4 is 4.90 Å². The summed E-state index contributed by atoms with van der Waals surface area (Å²) in [6.07, 6.45) is 0.297. The largest absolute Gasteiger partial charge is 0.455 e. The van der Waals surface area contributed by atoms with Gasteiger partial charge in [-0.1, -0.05) is 29.8 Å². The summed E-state index contributed by atoms with van der Waals surface area (Å²) in [6.45, 7) is 3.46. The highest BCUT2D eigenvalue weighted by Gasteiger charge is 2.26. The van der Waals surface area contributed by atoms with Crippen LogP contribution in [0.5, 0.6) is 0 Å². The van der Waals surface area contributed by atoms with Gasteiger partial charge >= 0.3 is 5.97 Å². The molecule has 0 saturated carbocycles. The van der Waals surface area contributed by atoms with E-state index >= 15 is 0 Å². The molecule has 0 saturated heterocycles. The summed E-state index contributed by atoms with van der Waals surface area (Å²) in [6, 6.07) is 13.2. The monoisotopic (exact) mass is 494 g/mol. The summed E-state index contributed by atoms with van der Waals surface area (Å²) < 4.78 is 18.5. The predicted octanol–water partition coefficient (Wildman–Crippen LogP) is 4.50. The summed E-state index contributed by atoms with van der Waals surface area (Å²) >= 11 is 1.27. The fourth-order valence-corrected chi connectivity index (χ4v) is 4.32. The number of ether oxygens (including phenoxy) is 1. The van der Waals surface area contributed by atoms with Crippen LogP contribution in [-0.2, 0) is 32.3 Å². The van der Waals surface area contributed by atoms with Crippen molar-refractivity contribution in [1.82, 2.24) is 9.99 Å². The highest BCUT2D eigenvalue weighted by atomic mass is 32.1. The van der Waals surface area contributed by atoms with E-state index in [9.17, 15) is 18.8 Å². The van der Waals surface area contributed by atoms with E-state index in [0.717, 1.165) is 5.56 Å². The van der Waals surface area contributed by atoms with Gasteiger partial charge in [-0.3, -0.25) is 14.5 Å². The Hall–Kier alpha value is -3.92. The zero-order chi connectivity index (χ0) is 24.9. The van der Waals surface area contributed by atoms with Crippen molar-refractivity contribution < 1.29 is 23.5 Å². The maximum absolute atomic E-state index is 13.1. The average molecular weight is 495 g/mol. The van der Waals surface area contributed by atoms with Gasteiger partial charge in [-0.2, -0.15) is 5.10 Å². The van der Waals surface area contributed by atoms with Crippen LogP contribution in [0.1, 0.15) is 36.6 Å². The Bertz CT molecular complexity index is 1270. The molecule has 1 aromatic heterocycles. The Balaban J connectivity index is 1.41. The van der Waals surface area contributed by atoms with Crippen LogP contribution in [0.15, 0.2) is 59.0 Å². The number of hydrogen-bond donors (Lipinski definition) is 0. The van der Waals surface area contributed by atoms with Crippen molar-refractivity contribution in [2.75, 3.05) is 4.90 Å². The van der Waals surface area contributed by atoms with Crippen molar-refractivity contribution in [2.45, 2.75) is 39.8 Å². The lowest BCUT2D eigenvalue weighted by atomic mass is 10.1. The van der Waals surface area contributed by atoms with Crippen molar-refractivity contribution in [1.29, 1.82) is 0 Å². The molecular formula is C25H23FN4O4S. The summed E-state index contributed by atoms with van der Waals surface area (Å²) in [4.78, 5) is 43.0. The number of hydrazone groups is 1. The fourth-order valence-electron chi connectivity index (χ4n) is 3.44. The van der Waals surface area contributed by atoms with Gasteiger partial charge in [-0.05, 0) is 36.8 Å². The van der Waals surface area contributed by atoms with Crippen molar-refractivity contribution in [3.05, 3.63) is 76.5 Å². The summed E-state index contributed by atoms with van der Waals surface area (Å²) in [5.41, 5.74) is 3.09. The molecule has 2 heterocycles. The number of benzene rings is 2. The van der Waals surface area contributed by atoms with Gasteiger partial charge < -0.3 is 4.74 Å². The van der Waals surface area contributed by atoms with Crippen molar-refractivity contribution in [3.8, 4) is 0 Å². The number of carbonyl (C=O) groups excluding carboxylic acids is 3. The van der Waals surface area contributed by atoms with Crippen LogP contribution in [0.4, 0.5) is 15.2 Å². The Morgan fingerprint density at radius 1 is 1.11 bits per heavy atom. The molecule has 0 N–H and O–H groups in total. The van der Waals surface area contributed by atoms with E-state index in [4.69, 9.17) is 4.74 Å². The second-order valence-electron chi connectivity index (χ2n) is 8.01. The maximum Gasteiger partial charge on any atom is 0.354 e. The van der Waals surface area contributed by atoms with Gasteiger partial charge in [0.25, 0.3) is 0 Å². The Kier molecular flexibility index (Phi) is 7.31. The number of rotatable bonds is 7. The molecule has 0 spiro atoms. The minimum Gasteiger partial charge on any atom is -0.455 e. The van der Waals surface area contributed by atoms with E-state index in [1.54, 1.807) is 17.5 Å². The molecule has 0 radical (unpaired) electrons. The highest BCUT2D eigenvalue weighted by Crippen LogP contribution is 2.29. The zero-order valence-corrected chi connectivity index (χ0v) is 20.0. The standard InChI is InChI=1S/C25H23FN4O4S/c1-16-3-9-21(10-4-16)30(17(2)31)25-27-20(15-35-25)14-34-24(33)22-11-12-23(32)29(28-22)13-18-5-7-19(26)8-6-18/h3-10,15H,11-14H2,1-2H3. The van der Waals surface area contributed by atoms with Crippen LogP contribution in [0.2, 0.25) is 0 Å². The van der Waals surface area contributed by atoms with Gasteiger partial charge in [0.2, 0.25) is 11.8 Å². The zero-order valence-electron chi connectivity index (χ0n) is 19.2. The molecule has 0 aliphatic carbocycles. The van der Waals surface area contributed by atoms with E-state index in [1.165, 1.54) is 40.3 Å². The maximum atomic E-state index is 13.1. The molecule has 10 heteroatoms. The first-order valence-electron chi connectivity index (χ1n) is 10.9. The van der Waals surface area contributed by atoms with E-state index in [-0.39, 0.29) is 49.3 Å². The lowest BCUT2D eigenvalue weighted by Gasteiger charge is -2.22. The van der Waals surface area contributed by atoms with Gasteiger partial charge in [-0.15, -0.1) is 11.3 Å². The number of carbonyl (C=O) groups is 3. The topological polar surface area (TPSA) is 92.2 Å². The average Bonchev–Trinajstić information content (AvgIpc) is 3.30. The number of anilines is 2.